The zero-order valence-corrected chi connectivity index (χ0v) is 13.3. The first kappa shape index (κ1) is 14.3. The van der Waals surface area contributed by atoms with Crippen molar-refractivity contribution in [3.63, 3.8) is 0 Å². The zero-order chi connectivity index (χ0) is 15.5. The lowest BCUT2D eigenvalue weighted by molar-refractivity contribution is 0.243. The summed E-state index contributed by atoms with van der Waals surface area (Å²) in [5.74, 6) is 3.07. The van der Waals surface area contributed by atoms with Gasteiger partial charge in [0, 0.05) is 18.2 Å². The fourth-order valence-electron chi connectivity index (χ4n) is 2.58. The van der Waals surface area contributed by atoms with E-state index in [2.05, 4.69) is 22.3 Å². The molecule has 23 heavy (non-hydrogen) atoms. The minimum atomic E-state index is 0.305. The summed E-state index contributed by atoms with van der Waals surface area (Å²) in [6, 6.07) is 8.28. The van der Waals surface area contributed by atoms with Crippen molar-refractivity contribution in [2.45, 2.75) is 25.9 Å². The van der Waals surface area contributed by atoms with E-state index in [1.165, 1.54) is 11.1 Å². The standard InChI is InChI=1S/C17H16N2O3S/c1-3-15-13(5-7-20-15)9-12(1)2-4-16-18-17(22-19-16)10-21-14-6-8-23-11-14/h1,3,6,8-9,11H,2,4-5,7,10H2. The van der Waals surface area contributed by atoms with E-state index >= 15 is 0 Å². The van der Waals surface area contributed by atoms with Crippen LogP contribution in [0.25, 0.3) is 0 Å². The second-order valence-electron chi connectivity index (χ2n) is 5.39. The number of rotatable bonds is 6. The molecule has 118 valence electrons. The monoisotopic (exact) mass is 328 g/mol. The normalized spacial score (nSPS) is 12.9. The van der Waals surface area contributed by atoms with Crippen molar-refractivity contribution in [3.8, 4) is 11.5 Å². The van der Waals surface area contributed by atoms with Crippen molar-refractivity contribution in [2.75, 3.05) is 6.61 Å². The third kappa shape index (κ3) is 3.37. The van der Waals surface area contributed by atoms with Gasteiger partial charge in [-0.2, -0.15) is 4.98 Å². The number of aryl methyl sites for hydroxylation is 2. The number of thiophene rings is 1. The molecular weight excluding hydrogens is 312 g/mol. The smallest absolute Gasteiger partial charge is 0.264 e. The van der Waals surface area contributed by atoms with Gasteiger partial charge in [-0.25, -0.2) is 0 Å². The Bertz CT molecular complexity index is 783. The lowest BCUT2D eigenvalue weighted by atomic mass is 10.0. The van der Waals surface area contributed by atoms with Gasteiger partial charge in [-0.3, -0.25) is 0 Å². The molecule has 1 aliphatic heterocycles. The fraction of sp³-hybridized carbons (Fsp3) is 0.294. The Kier molecular flexibility index (Phi) is 3.98. The van der Waals surface area contributed by atoms with E-state index in [-0.39, 0.29) is 0 Å². The molecule has 0 bridgehead atoms. The first-order valence-corrected chi connectivity index (χ1v) is 8.52. The maximum atomic E-state index is 5.56. The van der Waals surface area contributed by atoms with E-state index in [0.29, 0.717) is 18.3 Å². The predicted octanol–water partition coefficient (Wildman–Crippen LogP) is 3.43. The van der Waals surface area contributed by atoms with Crippen molar-refractivity contribution in [3.05, 3.63) is 57.9 Å². The second kappa shape index (κ2) is 6.42. The molecule has 0 atom stereocenters. The highest BCUT2D eigenvalue weighted by molar-refractivity contribution is 7.08. The van der Waals surface area contributed by atoms with Gasteiger partial charge >= 0.3 is 0 Å². The van der Waals surface area contributed by atoms with Crippen LogP contribution in [-0.4, -0.2) is 16.7 Å². The summed E-state index contributed by atoms with van der Waals surface area (Å²) in [6.45, 7) is 1.09. The molecular formula is C17H16N2O3S. The van der Waals surface area contributed by atoms with Gasteiger partial charge in [0.1, 0.15) is 11.5 Å². The Labute approximate surface area is 137 Å². The summed E-state index contributed by atoms with van der Waals surface area (Å²) < 4.78 is 16.3. The van der Waals surface area contributed by atoms with E-state index < -0.39 is 0 Å². The number of hydrogen-bond donors (Lipinski definition) is 0. The Morgan fingerprint density at radius 2 is 2.22 bits per heavy atom. The average molecular weight is 328 g/mol. The van der Waals surface area contributed by atoms with E-state index in [4.69, 9.17) is 14.0 Å². The Morgan fingerprint density at radius 3 is 3.13 bits per heavy atom. The molecule has 3 aromatic rings. The summed E-state index contributed by atoms with van der Waals surface area (Å²) in [7, 11) is 0. The predicted molar refractivity (Wildman–Crippen MR) is 86.0 cm³/mol. The van der Waals surface area contributed by atoms with Gasteiger partial charge in [0.2, 0.25) is 0 Å². The quantitative estimate of drug-likeness (QED) is 0.694. The number of aromatic nitrogens is 2. The van der Waals surface area contributed by atoms with Crippen molar-refractivity contribution in [1.29, 1.82) is 0 Å². The van der Waals surface area contributed by atoms with Gasteiger partial charge in [-0.1, -0.05) is 17.3 Å². The molecule has 0 unspecified atom stereocenters. The van der Waals surface area contributed by atoms with Crippen LogP contribution in [0.4, 0.5) is 0 Å². The maximum Gasteiger partial charge on any atom is 0.264 e. The van der Waals surface area contributed by atoms with Crippen molar-refractivity contribution in [2.24, 2.45) is 0 Å². The van der Waals surface area contributed by atoms with Gasteiger partial charge in [0.15, 0.2) is 12.4 Å². The van der Waals surface area contributed by atoms with Crippen molar-refractivity contribution in [1.82, 2.24) is 10.1 Å². The number of hydrogen-bond acceptors (Lipinski definition) is 6. The summed E-state index contributed by atoms with van der Waals surface area (Å²) in [6.07, 6.45) is 2.63. The zero-order valence-electron chi connectivity index (χ0n) is 12.5. The average Bonchev–Trinajstić information content (AvgIpc) is 3.31. The molecule has 3 heterocycles. The largest absolute Gasteiger partial charge is 0.493 e. The number of benzene rings is 1. The molecule has 0 N–H and O–H groups in total. The van der Waals surface area contributed by atoms with E-state index in [1.807, 2.05) is 22.9 Å². The molecule has 0 saturated carbocycles. The highest BCUT2D eigenvalue weighted by Gasteiger charge is 2.13. The highest BCUT2D eigenvalue weighted by atomic mass is 32.1. The SMILES string of the molecule is c1cc(OCc2nc(CCc3ccc4c(c3)CCO4)no2)cs1. The fourth-order valence-corrected chi connectivity index (χ4v) is 3.15. The van der Waals surface area contributed by atoms with Crippen molar-refractivity contribution < 1.29 is 14.0 Å². The molecule has 0 saturated heterocycles. The third-order valence-electron chi connectivity index (χ3n) is 3.76. The first-order valence-electron chi connectivity index (χ1n) is 7.58. The minimum absolute atomic E-state index is 0.305. The van der Waals surface area contributed by atoms with Crippen LogP contribution in [-0.2, 0) is 25.9 Å². The third-order valence-corrected chi connectivity index (χ3v) is 4.42. The summed E-state index contributed by atoms with van der Waals surface area (Å²) >= 11 is 1.59. The van der Waals surface area contributed by atoms with Crippen molar-refractivity contribution >= 4 is 11.3 Å². The molecule has 0 aliphatic carbocycles. The van der Waals surface area contributed by atoms with Crippen LogP contribution in [0.15, 0.2) is 39.5 Å². The number of ether oxygens (including phenoxy) is 2. The topological polar surface area (TPSA) is 57.4 Å². The highest BCUT2D eigenvalue weighted by Crippen LogP contribution is 2.26. The van der Waals surface area contributed by atoms with Gasteiger partial charge < -0.3 is 14.0 Å². The van der Waals surface area contributed by atoms with E-state index in [9.17, 15) is 0 Å². The molecule has 0 radical (unpaired) electrons. The summed E-state index contributed by atoms with van der Waals surface area (Å²) in [5, 5.41) is 7.92. The van der Waals surface area contributed by atoms with Crippen LogP contribution < -0.4 is 9.47 Å². The number of fused-ring (bicyclic) bond motifs is 1. The van der Waals surface area contributed by atoms with Crippen LogP contribution in [0, 0.1) is 0 Å². The molecule has 2 aromatic heterocycles. The van der Waals surface area contributed by atoms with Crippen LogP contribution in [0.1, 0.15) is 22.8 Å². The molecule has 6 heteroatoms. The van der Waals surface area contributed by atoms with Crippen LogP contribution in [0.3, 0.4) is 0 Å². The Hall–Kier alpha value is -2.34. The lowest BCUT2D eigenvalue weighted by Crippen LogP contribution is -1.97. The number of nitrogens with zero attached hydrogens (tertiary/aromatic N) is 2. The van der Waals surface area contributed by atoms with E-state index in [1.54, 1.807) is 11.3 Å². The van der Waals surface area contributed by atoms with E-state index in [0.717, 1.165) is 37.4 Å². The molecule has 0 spiro atoms. The molecule has 1 aliphatic rings. The van der Waals surface area contributed by atoms with Crippen LogP contribution in [0.2, 0.25) is 0 Å². The molecule has 0 fully saturated rings. The van der Waals surface area contributed by atoms with Gasteiger partial charge in [-0.05, 0) is 35.1 Å². The molecule has 4 rings (SSSR count). The first-order chi connectivity index (χ1) is 11.4. The van der Waals surface area contributed by atoms with Gasteiger partial charge in [-0.15, -0.1) is 11.3 Å². The maximum absolute atomic E-state index is 5.56. The molecule has 1 aromatic carbocycles. The van der Waals surface area contributed by atoms with Crippen LogP contribution in [0.5, 0.6) is 11.5 Å². The summed E-state index contributed by atoms with van der Waals surface area (Å²) in [5.41, 5.74) is 2.57. The Morgan fingerprint density at radius 1 is 1.22 bits per heavy atom. The van der Waals surface area contributed by atoms with Gasteiger partial charge in [0.05, 0.1) is 6.61 Å². The van der Waals surface area contributed by atoms with Gasteiger partial charge in [0.25, 0.3) is 5.89 Å². The molecule has 5 nitrogen and oxygen atoms in total. The summed E-state index contributed by atoms with van der Waals surface area (Å²) in [4.78, 5) is 4.37. The Balaban J connectivity index is 1.32. The van der Waals surface area contributed by atoms with Crippen LogP contribution >= 0.6 is 11.3 Å². The second-order valence-corrected chi connectivity index (χ2v) is 6.17. The lowest BCUT2D eigenvalue weighted by Gasteiger charge is -2.02. The molecule has 0 amide bonds. The minimum Gasteiger partial charge on any atom is -0.493 e.